The zero-order valence-corrected chi connectivity index (χ0v) is 10.3. The monoisotopic (exact) mass is 273 g/mol. The maximum Gasteiger partial charge on any atom is 0.270 e. The zero-order valence-electron chi connectivity index (χ0n) is 10.3. The molecule has 0 aliphatic rings. The van der Waals surface area contributed by atoms with Gasteiger partial charge in [0.05, 0.1) is 4.92 Å². The van der Waals surface area contributed by atoms with E-state index in [4.69, 9.17) is 0 Å². The first-order valence-corrected chi connectivity index (χ1v) is 5.73. The van der Waals surface area contributed by atoms with Crippen LogP contribution in [0.25, 0.3) is 0 Å². The van der Waals surface area contributed by atoms with Crippen LogP contribution in [0.15, 0.2) is 42.6 Å². The highest BCUT2D eigenvalue weighted by Crippen LogP contribution is 2.22. The lowest BCUT2D eigenvalue weighted by atomic mass is 10.1. The van der Waals surface area contributed by atoms with Crippen LogP contribution < -0.4 is 5.32 Å². The van der Waals surface area contributed by atoms with Crippen LogP contribution in [0, 0.1) is 10.1 Å². The van der Waals surface area contributed by atoms with E-state index in [1.54, 1.807) is 18.2 Å². The van der Waals surface area contributed by atoms with E-state index in [0.29, 0.717) is 0 Å². The molecular formula is C13H11N3O4. The average Bonchev–Trinajstić information content (AvgIpc) is 2.46. The van der Waals surface area contributed by atoms with E-state index in [2.05, 4.69) is 10.3 Å². The Labute approximate surface area is 114 Å². The molecule has 1 heterocycles. The molecule has 0 atom stereocenters. The summed E-state index contributed by atoms with van der Waals surface area (Å²) in [6.45, 7) is -0.0249. The van der Waals surface area contributed by atoms with Gasteiger partial charge in [0.15, 0.2) is 0 Å². The summed E-state index contributed by atoms with van der Waals surface area (Å²) in [4.78, 5) is 25.7. The number of benzene rings is 1. The number of rotatable bonds is 4. The topological polar surface area (TPSA) is 105 Å². The molecule has 0 bridgehead atoms. The number of carbonyl (C=O) groups is 1. The van der Waals surface area contributed by atoms with Gasteiger partial charge in [-0.25, -0.2) is 0 Å². The minimum Gasteiger partial charge on any atom is -0.508 e. The van der Waals surface area contributed by atoms with Crippen molar-refractivity contribution in [3.8, 4) is 5.75 Å². The lowest BCUT2D eigenvalue weighted by molar-refractivity contribution is -0.384. The second-order valence-corrected chi connectivity index (χ2v) is 3.97. The van der Waals surface area contributed by atoms with Crippen LogP contribution in [0.1, 0.15) is 16.1 Å². The number of aromatic hydroxyl groups is 1. The first kappa shape index (κ1) is 13.5. The van der Waals surface area contributed by atoms with Crippen molar-refractivity contribution in [3.63, 3.8) is 0 Å². The number of aromatic nitrogens is 1. The molecule has 0 saturated carbocycles. The van der Waals surface area contributed by atoms with Crippen molar-refractivity contribution >= 4 is 11.6 Å². The van der Waals surface area contributed by atoms with Gasteiger partial charge in [0.25, 0.3) is 11.6 Å². The SMILES string of the molecule is O=C(NCc1cc([N+](=O)[O-])ccc1O)c1ccccn1. The summed E-state index contributed by atoms with van der Waals surface area (Å²) in [6.07, 6.45) is 1.49. The number of non-ortho nitro benzene ring substituents is 1. The number of phenolic OH excluding ortho intramolecular Hbond substituents is 1. The largest absolute Gasteiger partial charge is 0.508 e. The van der Waals surface area contributed by atoms with Gasteiger partial charge >= 0.3 is 0 Å². The molecule has 0 aliphatic carbocycles. The lowest BCUT2D eigenvalue weighted by Gasteiger charge is -2.06. The summed E-state index contributed by atoms with van der Waals surface area (Å²) in [6, 6.07) is 8.53. The maximum absolute atomic E-state index is 11.8. The standard InChI is InChI=1S/C13H11N3O4/c17-12-5-4-10(16(19)20)7-9(12)8-15-13(18)11-3-1-2-6-14-11/h1-7,17H,8H2,(H,15,18). The molecule has 2 rings (SSSR count). The van der Waals surface area contributed by atoms with Crippen molar-refractivity contribution in [1.82, 2.24) is 10.3 Å². The third kappa shape index (κ3) is 3.08. The lowest BCUT2D eigenvalue weighted by Crippen LogP contribution is -2.23. The summed E-state index contributed by atoms with van der Waals surface area (Å²) in [5, 5.41) is 22.8. The highest BCUT2D eigenvalue weighted by Gasteiger charge is 2.12. The minimum atomic E-state index is -0.566. The molecule has 0 fully saturated rings. The third-order valence-corrected chi connectivity index (χ3v) is 2.61. The van der Waals surface area contributed by atoms with Crippen LogP contribution in [-0.4, -0.2) is 20.9 Å². The van der Waals surface area contributed by atoms with Gasteiger partial charge in [-0.1, -0.05) is 6.07 Å². The maximum atomic E-state index is 11.8. The highest BCUT2D eigenvalue weighted by atomic mass is 16.6. The first-order valence-electron chi connectivity index (χ1n) is 5.73. The molecule has 0 saturated heterocycles. The van der Waals surface area contributed by atoms with E-state index < -0.39 is 10.8 Å². The van der Waals surface area contributed by atoms with Crippen LogP contribution in [0.4, 0.5) is 5.69 Å². The molecule has 1 aromatic carbocycles. The summed E-state index contributed by atoms with van der Waals surface area (Å²) < 4.78 is 0. The van der Waals surface area contributed by atoms with Gasteiger partial charge in [0.1, 0.15) is 11.4 Å². The Balaban J connectivity index is 2.09. The van der Waals surface area contributed by atoms with Gasteiger partial charge in [0.2, 0.25) is 0 Å². The summed E-state index contributed by atoms with van der Waals surface area (Å²) in [7, 11) is 0. The molecule has 0 spiro atoms. The molecule has 7 heteroatoms. The molecular weight excluding hydrogens is 262 g/mol. The number of pyridine rings is 1. The van der Waals surface area contributed by atoms with Crippen LogP contribution in [0.2, 0.25) is 0 Å². The molecule has 1 aromatic heterocycles. The quantitative estimate of drug-likeness (QED) is 0.650. The van der Waals surface area contributed by atoms with Crippen LogP contribution in [0.3, 0.4) is 0 Å². The number of hydrogen-bond donors (Lipinski definition) is 2. The first-order chi connectivity index (χ1) is 9.58. The normalized spacial score (nSPS) is 10.0. The van der Waals surface area contributed by atoms with Gasteiger partial charge < -0.3 is 10.4 Å². The Morgan fingerprint density at radius 2 is 2.15 bits per heavy atom. The number of nitrogens with zero attached hydrogens (tertiary/aromatic N) is 2. The van der Waals surface area contributed by atoms with E-state index in [1.165, 1.54) is 24.4 Å². The summed E-state index contributed by atoms with van der Waals surface area (Å²) in [5.41, 5.74) is 0.353. The molecule has 7 nitrogen and oxygen atoms in total. The predicted octanol–water partition coefficient (Wildman–Crippen LogP) is 1.63. The molecule has 1 amide bonds. The molecule has 2 aromatic rings. The molecule has 102 valence electrons. The van der Waals surface area contributed by atoms with Crippen molar-refractivity contribution in [2.75, 3.05) is 0 Å². The predicted molar refractivity (Wildman–Crippen MR) is 70.2 cm³/mol. The molecule has 0 radical (unpaired) electrons. The number of hydrogen-bond acceptors (Lipinski definition) is 5. The number of amides is 1. The number of nitro benzene ring substituents is 1. The Hall–Kier alpha value is -2.96. The molecule has 2 N–H and O–H groups in total. The van der Waals surface area contributed by atoms with E-state index >= 15 is 0 Å². The third-order valence-electron chi connectivity index (χ3n) is 2.61. The van der Waals surface area contributed by atoms with Crippen molar-refractivity contribution < 1.29 is 14.8 Å². The Morgan fingerprint density at radius 3 is 2.80 bits per heavy atom. The van der Waals surface area contributed by atoms with Crippen molar-refractivity contribution in [1.29, 1.82) is 0 Å². The second-order valence-electron chi connectivity index (χ2n) is 3.97. The van der Waals surface area contributed by atoms with Crippen LogP contribution in [-0.2, 0) is 6.54 Å². The van der Waals surface area contributed by atoms with E-state index in [9.17, 15) is 20.0 Å². The van der Waals surface area contributed by atoms with E-state index in [-0.39, 0.29) is 29.2 Å². The van der Waals surface area contributed by atoms with Crippen molar-refractivity contribution in [3.05, 3.63) is 64.0 Å². The van der Waals surface area contributed by atoms with Crippen molar-refractivity contribution in [2.45, 2.75) is 6.54 Å². The van der Waals surface area contributed by atoms with E-state index in [0.717, 1.165) is 0 Å². The average molecular weight is 273 g/mol. The van der Waals surface area contributed by atoms with Crippen LogP contribution in [0.5, 0.6) is 5.75 Å². The minimum absolute atomic E-state index is 0.0249. The number of nitrogens with one attached hydrogen (secondary N) is 1. The summed E-state index contributed by atoms with van der Waals surface area (Å²) >= 11 is 0. The molecule has 0 aliphatic heterocycles. The molecule has 20 heavy (non-hydrogen) atoms. The Bertz CT molecular complexity index is 643. The van der Waals surface area contributed by atoms with Gasteiger partial charge in [-0.05, 0) is 18.2 Å². The zero-order chi connectivity index (χ0) is 14.5. The van der Waals surface area contributed by atoms with Gasteiger partial charge in [0, 0.05) is 30.4 Å². The van der Waals surface area contributed by atoms with Crippen LogP contribution >= 0.6 is 0 Å². The fourth-order valence-electron chi connectivity index (χ4n) is 1.59. The Morgan fingerprint density at radius 1 is 1.35 bits per heavy atom. The van der Waals surface area contributed by atoms with Gasteiger partial charge in [-0.3, -0.25) is 19.9 Å². The smallest absolute Gasteiger partial charge is 0.270 e. The molecule has 0 unspecified atom stereocenters. The fourth-order valence-corrected chi connectivity index (χ4v) is 1.59. The second kappa shape index (κ2) is 5.79. The van der Waals surface area contributed by atoms with Gasteiger partial charge in [-0.15, -0.1) is 0 Å². The van der Waals surface area contributed by atoms with Gasteiger partial charge in [-0.2, -0.15) is 0 Å². The fraction of sp³-hybridized carbons (Fsp3) is 0.0769. The number of phenols is 1. The summed E-state index contributed by atoms with van der Waals surface area (Å²) in [5.74, 6) is -0.534. The van der Waals surface area contributed by atoms with Crippen molar-refractivity contribution in [2.24, 2.45) is 0 Å². The number of carbonyl (C=O) groups excluding carboxylic acids is 1. The van der Waals surface area contributed by atoms with E-state index in [1.807, 2.05) is 0 Å². The Kier molecular flexibility index (Phi) is 3.90. The number of nitro groups is 1. The highest BCUT2D eigenvalue weighted by molar-refractivity contribution is 5.92.